The topological polar surface area (TPSA) is 61.8 Å². The lowest BCUT2D eigenvalue weighted by Crippen LogP contribution is -2.43. The average Bonchev–Trinajstić information content (AvgIpc) is 2.66. The summed E-state index contributed by atoms with van der Waals surface area (Å²) in [5, 5.41) is 0. The Morgan fingerprint density at radius 2 is 2.19 bits per heavy atom. The fourth-order valence-corrected chi connectivity index (χ4v) is 2.24. The summed E-state index contributed by atoms with van der Waals surface area (Å²) in [7, 11) is 0. The van der Waals surface area contributed by atoms with Crippen molar-refractivity contribution in [1.29, 1.82) is 0 Å². The van der Waals surface area contributed by atoms with E-state index in [9.17, 15) is 9.59 Å². The molecule has 16 heavy (non-hydrogen) atoms. The second-order valence-electron chi connectivity index (χ2n) is 4.09. The Balaban J connectivity index is 1.97. The van der Waals surface area contributed by atoms with Gasteiger partial charge in [0.25, 0.3) is 0 Å². The lowest BCUT2D eigenvalue weighted by molar-refractivity contribution is -0.189. The summed E-state index contributed by atoms with van der Waals surface area (Å²) in [5.74, 6) is -1.93. The predicted molar refractivity (Wildman–Crippen MR) is 53.6 cm³/mol. The van der Waals surface area contributed by atoms with Gasteiger partial charge in [0.05, 0.1) is 26.2 Å². The molecule has 2 rings (SSSR count). The Labute approximate surface area is 94.0 Å². The predicted octanol–water partition coefficient (Wildman–Crippen LogP) is 0.662. The molecule has 0 aromatic rings. The highest BCUT2D eigenvalue weighted by Gasteiger charge is 2.46. The third-order valence-electron chi connectivity index (χ3n) is 3.03. The van der Waals surface area contributed by atoms with Gasteiger partial charge in [-0.1, -0.05) is 0 Å². The number of ether oxygens (including phenoxy) is 3. The summed E-state index contributed by atoms with van der Waals surface area (Å²) in [6, 6.07) is 0. The Hall–Kier alpha value is -0.940. The van der Waals surface area contributed by atoms with E-state index in [1.807, 2.05) is 0 Å². The van der Waals surface area contributed by atoms with E-state index in [2.05, 4.69) is 0 Å². The molecule has 1 atom stereocenters. The minimum absolute atomic E-state index is 0.133. The van der Waals surface area contributed by atoms with Crippen LogP contribution in [0.2, 0.25) is 0 Å². The molecule has 1 spiro atoms. The van der Waals surface area contributed by atoms with Gasteiger partial charge in [0.2, 0.25) is 0 Å². The van der Waals surface area contributed by atoms with E-state index in [0.29, 0.717) is 32.7 Å². The number of esters is 1. The first-order valence-corrected chi connectivity index (χ1v) is 5.64. The smallest absolute Gasteiger partial charge is 0.316 e. The highest BCUT2D eigenvalue weighted by Crippen LogP contribution is 2.36. The number of Topliss-reactive ketones (excluding diaryl/α,β-unsaturated/α-hetero) is 1. The van der Waals surface area contributed by atoms with Crippen molar-refractivity contribution in [2.75, 3.05) is 19.8 Å². The molecule has 2 aliphatic rings. The van der Waals surface area contributed by atoms with E-state index in [-0.39, 0.29) is 12.2 Å². The van der Waals surface area contributed by atoms with Gasteiger partial charge in [0.1, 0.15) is 5.92 Å². The molecular weight excluding hydrogens is 212 g/mol. The van der Waals surface area contributed by atoms with Gasteiger partial charge in [-0.15, -0.1) is 0 Å². The molecule has 5 heteroatoms. The van der Waals surface area contributed by atoms with Crippen LogP contribution in [0.15, 0.2) is 0 Å². The molecule has 0 aromatic carbocycles. The normalized spacial score (nSPS) is 28.3. The number of ketones is 1. The maximum absolute atomic E-state index is 11.8. The third kappa shape index (κ3) is 2.10. The molecule has 0 N–H and O–H groups in total. The summed E-state index contributed by atoms with van der Waals surface area (Å²) in [6.45, 7) is 3.09. The Morgan fingerprint density at radius 3 is 2.75 bits per heavy atom. The first-order chi connectivity index (χ1) is 7.67. The lowest BCUT2D eigenvalue weighted by Gasteiger charge is -2.33. The molecule has 1 aliphatic heterocycles. The van der Waals surface area contributed by atoms with Gasteiger partial charge >= 0.3 is 5.97 Å². The molecular formula is C11H16O5. The Kier molecular flexibility index (Phi) is 3.25. The highest BCUT2D eigenvalue weighted by atomic mass is 16.7. The quantitative estimate of drug-likeness (QED) is 0.513. The summed E-state index contributed by atoms with van der Waals surface area (Å²) in [5.41, 5.74) is 0. The van der Waals surface area contributed by atoms with Gasteiger partial charge in [-0.05, 0) is 13.3 Å². The van der Waals surface area contributed by atoms with Crippen LogP contribution in [0.3, 0.4) is 0 Å². The molecule has 0 amide bonds. The van der Waals surface area contributed by atoms with Crippen LogP contribution in [0.4, 0.5) is 0 Å². The SMILES string of the molecule is CCOC(=O)C1CCC2(CC1=O)OCCO2. The van der Waals surface area contributed by atoms with Crippen LogP contribution >= 0.6 is 0 Å². The Morgan fingerprint density at radius 1 is 1.50 bits per heavy atom. The number of carbonyl (C=O) groups is 2. The minimum atomic E-state index is -0.750. The van der Waals surface area contributed by atoms with Crippen molar-refractivity contribution in [1.82, 2.24) is 0 Å². The van der Waals surface area contributed by atoms with Gasteiger partial charge in [-0.3, -0.25) is 9.59 Å². The maximum Gasteiger partial charge on any atom is 0.316 e. The highest BCUT2D eigenvalue weighted by molar-refractivity contribution is 5.99. The van der Waals surface area contributed by atoms with Gasteiger partial charge in [-0.2, -0.15) is 0 Å². The standard InChI is InChI=1S/C11H16O5/c1-2-14-10(13)8-3-4-11(7-9(8)12)15-5-6-16-11/h8H,2-7H2,1H3. The van der Waals surface area contributed by atoms with E-state index < -0.39 is 17.7 Å². The average molecular weight is 228 g/mol. The van der Waals surface area contributed by atoms with Gasteiger partial charge in [-0.25, -0.2) is 0 Å². The van der Waals surface area contributed by atoms with Crippen LogP contribution in [0, 0.1) is 5.92 Å². The fraction of sp³-hybridized carbons (Fsp3) is 0.818. The first kappa shape index (κ1) is 11.5. The van der Waals surface area contributed by atoms with Crippen LogP contribution < -0.4 is 0 Å². The lowest BCUT2D eigenvalue weighted by atomic mass is 9.84. The van der Waals surface area contributed by atoms with Crippen molar-refractivity contribution in [3.8, 4) is 0 Å². The molecule has 1 saturated heterocycles. The van der Waals surface area contributed by atoms with E-state index in [4.69, 9.17) is 14.2 Å². The van der Waals surface area contributed by atoms with Crippen molar-refractivity contribution in [3.05, 3.63) is 0 Å². The number of rotatable bonds is 2. The van der Waals surface area contributed by atoms with Crippen LogP contribution in [-0.4, -0.2) is 37.4 Å². The monoisotopic (exact) mass is 228 g/mol. The van der Waals surface area contributed by atoms with E-state index >= 15 is 0 Å². The number of hydrogen-bond donors (Lipinski definition) is 0. The molecule has 1 unspecified atom stereocenters. The van der Waals surface area contributed by atoms with Crippen molar-refractivity contribution in [3.63, 3.8) is 0 Å². The van der Waals surface area contributed by atoms with E-state index in [0.717, 1.165) is 0 Å². The first-order valence-electron chi connectivity index (χ1n) is 5.64. The van der Waals surface area contributed by atoms with Crippen molar-refractivity contribution in [2.24, 2.45) is 5.92 Å². The summed E-state index contributed by atoms with van der Waals surface area (Å²) < 4.78 is 15.8. The molecule has 0 bridgehead atoms. The number of hydrogen-bond acceptors (Lipinski definition) is 5. The summed E-state index contributed by atoms with van der Waals surface area (Å²) >= 11 is 0. The molecule has 2 fully saturated rings. The van der Waals surface area contributed by atoms with Crippen LogP contribution in [-0.2, 0) is 23.8 Å². The summed E-state index contributed by atoms with van der Waals surface area (Å²) in [4.78, 5) is 23.3. The second kappa shape index (κ2) is 4.51. The van der Waals surface area contributed by atoms with Crippen LogP contribution in [0.25, 0.3) is 0 Å². The minimum Gasteiger partial charge on any atom is -0.465 e. The van der Waals surface area contributed by atoms with E-state index in [1.165, 1.54) is 0 Å². The molecule has 1 heterocycles. The molecule has 0 radical (unpaired) electrons. The Bertz CT molecular complexity index is 293. The van der Waals surface area contributed by atoms with Crippen molar-refractivity contribution >= 4 is 11.8 Å². The molecule has 1 saturated carbocycles. The number of carbonyl (C=O) groups excluding carboxylic acids is 2. The van der Waals surface area contributed by atoms with Crippen LogP contribution in [0.5, 0.6) is 0 Å². The van der Waals surface area contributed by atoms with Gasteiger partial charge < -0.3 is 14.2 Å². The van der Waals surface area contributed by atoms with Crippen LogP contribution in [0.1, 0.15) is 26.2 Å². The molecule has 5 nitrogen and oxygen atoms in total. The van der Waals surface area contributed by atoms with Gasteiger partial charge in [0.15, 0.2) is 11.6 Å². The van der Waals surface area contributed by atoms with Crippen molar-refractivity contribution in [2.45, 2.75) is 32.0 Å². The zero-order valence-electron chi connectivity index (χ0n) is 9.36. The third-order valence-corrected chi connectivity index (χ3v) is 3.03. The van der Waals surface area contributed by atoms with E-state index in [1.54, 1.807) is 6.92 Å². The molecule has 0 aromatic heterocycles. The zero-order valence-corrected chi connectivity index (χ0v) is 9.36. The molecule has 90 valence electrons. The maximum atomic E-state index is 11.8. The van der Waals surface area contributed by atoms with Gasteiger partial charge in [0, 0.05) is 6.42 Å². The fourth-order valence-electron chi connectivity index (χ4n) is 2.24. The second-order valence-corrected chi connectivity index (χ2v) is 4.09. The molecule has 1 aliphatic carbocycles. The van der Waals surface area contributed by atoms with Crippen molar-refractivity contribution < 1.29 is 23.8 Å². The largest absolute Gasteiger partial charge is 0.465 e. The summed E-state index contributed by atoms with van der Waals surface area (Å²) in [6.07, 6.45) is 1.20. The zero-order chi connectivity index (χ0) is 11.6.